The van der Waals surface area contributed by atoms with Crippen molar-refractivity contribution >= 4 is 5.97 Å². The third kappa shape index (κ3) is 1.74. The molecule has 0 bridgehead atoms. The van der Waals surface area contributed by atoms with Gasteiger partial charge in [-0.15, -0.1) is 0 Å². The third-order valence-electron chi connectivity index (χ3n) is 1.94. The Morgan fingerprint density at radius 2 is 2.25 bits per heavy atom. The van der Waals surface area contributed by atoms with Crippen molar-refractivity contribution in [3.8, 4) is 11.9 Å². The van der Waals surface area contributed by atoms with Crippen molar-refractivity contribution < 1.29 is 9.90 Å². The van der Waals surface area contributed by atoms with Crippen molar-refractivity contribution in [2.24, 2.45) is 0 Å². The molecule has 1 N–H and O–H groups in total. The van der Waals surface area contributed by atoms with Crippen molar-refractivity contribution in [2.75, 3.05) is 0 Å². The summed E-state index contributed by atoms with van der Waals surface area (Å²) in [7, 11) is 0. The van der Waals surface area contributed by atoms with Gasteiger partial charge in [0, 0.05) is 6.20 Å². The van der Waals surface area contributed by atoms with Gasteiger partial charge in [-0.2, -0.15) is 10.4 Å². The summed E-state index contributed by atoms with van der Waals surface area (Å²) in [6.07, 6.45) is 4.17. The van der Waals surface area contributed by atoms with Gasteiger partial charge in [0.2, 0.25) is 0 Å². The van der Waals surface area contributed by atoms with E-state index in [1.807, 2.05) is 6.07 Å². The second kappa shape index (κ2) is 3.82. The quantitative estimate of drug-likeness (QED) is 0.799. The molecule has 78 valence electrons. The van der Waals surface area contributed by atoms with E-state index in [0.717, 1.165) is 0 Å². The molecule has 0 aliphatic carbocycles. The fraction of sp³-hybridized carbons (Fsp3) is 0. The number of nitrogens with zero attached hydrogens (tertiary/aromatic N) is 4. The number of aromatic carboxylic acids is 1. The lowest BCUT2D eigenvalue weighted by atomic mass is 10.3. The van der Waals surface area contributed by atoms with E-state index in [9.17, 15) is 4.79 Å². The minimum absolute atomic E-state index is 0.108. The molecule has 0 aromatic carbocycles. The molecule has 0 radical (unpaired) electrons. The second-order valence-corrected chi connectivity index (χ2v) is 3.00. The van der Waals surface area contributed by atoms with Crippen LogP contribution in [0.15, 0.2) is 30.7 Å². The molecule has 2 aromatic heterocycles. The maximum absolute atomic E-state index is 10.6. The Hall–Kier alpha value is -2.68. The summed E-state index contributed by atoms with van der Waals surface area (Å²) in [5, 5.41) is 21.2. The largest absolute Gasteiger partial charge is 0.478 e. The number of pyridine rings is 1. The maximum atomic E-state index is 10.6. The highest BCUT2D eigenvalue weighted by Gasteiger charge is 2.05. The predicted molar refractivity (Wildman–Crippen MR) is 53.0 cm³/mol. The van der Waals surface area contributed by atoms with Gasteiger partial charge in [-0.3, -0.25) is 0 Å². The minimum atomic E-state index is -1.03. The van der Waals surface area contributed by atoms with Crippen molar-refractivity contribution in [1.29, 1.82) is 5.26 Å². The number of hydrogen-bond acceptors (Lipinski definition) is 4. The Labute approximate surface area is 90.4 Å². The van der Waals surface area contributed by atoms with Gasteiger partial charge in [-0.05, 0) is 12.1 Å². The van der Waals surface area contributed by atoms with Crippen molar-refractivity contribution in [3.05, 3.63) is 41.9 Å². The Balaban J connectivity index is 2.35. The number of nitriles is 1. The predicted octanol–water partition coefficient (Wildman–Crippen LogP) is 0.837. The molecule has 0 spiro atoms. The molecule has 0 atom stereocenters. The van der Waals surface area contributed by atoms with E-state index in [1.165, 1.54) is 35.4 Å². The molecular weight excluding hydrogens is 208 g/mol. The van der Waals surface area contributed by atoms with Crippen LogP contribution in [-0.4, -0.2) is 25.8 Å². The molecule has 0 aliphatic heterocycles. The molecule has 0 aliphatic rings. The Kier molecular flexibility index (Phi) is 2.36. The summed E-state index contributed by atoms with van der Waals surface area (Å²) < 4.78 is 1.41. The first-order valence-electron chi connectivity index (χ1n) is 4.35. The van der Waals surface area contributed by atoms with Crippen LogP contribution in [0.25, 0.3) is 5.82 Å². The lowest BCUT2D eigenvalue weighted by Crippen LogP contribution is -2.01. The van der Waals surface area contributed by atoms with E-state index in [0.29, 0.717) is 11.4 Å². The van der Waals surface area contributed by atoms with E-state index in [1.54, 1.807) is 0 Å². The number of aromatic nitrogens is 3. The van der Waals surface area contributed by atoms with E-state index in [4.69, 9.17) is 10.4 Å². The van der Waals surface area contributed by atoms with E-state index >= 15 is 0 Å². The van der Waals surface area contributed by atoms with Gasteiger partial charge < -0.3 is 5.11 Å². The normalized spacial score (nSPS) is 9.69. The average molecular weight is 214 g/mol. The molecule has 16 heavy (non-hydrogen) atoms. The topological polar surface area (TPSA) is 91.8 Å². The molecule has 0 amide bonds. The standard InChI is InChI=1S/C10H6N4O2/c11-3-7-4-13-14(6-7)9-2-1-8(5-12-9)10(15)16/h1-2,4-6H,(H,15,16). The lowest BCUT2D eigenvalue weighted by molar-refractivity contribution is 0.0696. The zero-order chi connectivity index (χ0) is 11.5. The van der Waals surface area contributed by atoms with Gasteiger partial charge in [0.1, 0.15) is 6.07 Å². The molecular formula is C10H6N4O2. The average Bonchev–Trinajstić information content (AvgIpc) is 2.77. The van der Waals surface area contributed by atoms with Crippen LogP contribution in [0.1, 0.15) is 15.9 Å². The highest BCUT2D eigenvalue weighted by Crippen LogP contribution is 2.06. The van der Waals surface area contributed by atoms with Crippen LogP contribution in [0.3, 0.4) is 0 Å². The minimum Gasteiger partial charge on any atom is -0.478 e. The van der Waals surface area contributed by atoms with Gasteiger partial charge in [0.25, 0.3) is 0 Å². The molecule has 6 heteroatoms. The molecule has 0 saturated carbocycles. The number of carboxylic acid groups (broad SMARTS) is 1. The van der Waals surface area contributed by atoms with Gasteiger partial charge in [0.05, 0.1) is 23.5 Å². The number of hydrogen-bond donors (Lipinski definition) is 1. The van der Waals surface area contributed by atoms with Gasteiger partial charge in [-0.25, -0.2) is 14.5 Å². The number of carbonyl (C=O) groups is 1. The number of carboxylic acids is 1. The highest BCUT2D eigenvalue weighted by molar-refractivity contribution is 5.87. The smallest absolute Gasteiger partial charge is 0.337 e. The third-order valence-corrected chi connectivity index (χ3v) is 1.94. The van der Waals surface area contributed by atoms with Crippen LogP contribution in [0, 0.1) is 11.3 Å². The van der Waals surface area contributed by atoms with E-state index < -0.39 is 5.97 Å². The summed E-state index contributed by atoms with van der Waals surface area (Å²) in [6, 6.07) is 4.90. The number of rotatable bonds is 2. The van der Waals surface area contributed by atoms with E-state index in [2.05, 4.69) is 10.1 Å². The Morgan fingerprint density at radius 3 is 2.75 bits per heavy atom. The SMILES string of the molecule is N#Cc1cnn(-c2ccc(C(=O)O)cn2)c1. The first-order chi connectivity index (χ1) is 7.70. The fourth-order valence-electron chi connectivity index (χ4n) is 1.15. The van der Waals surface area contributed by atoms with Gasteiger partial charge in [-0.1, -0.05) is 0 Å². The van der Waals surface area contributed by atoms with Crippen LogP contribution < -0.4 is 0 Å². The van der Waals surface area contributed by atoms with Crippen molar-refractivity contribution in [3.63, 3.8) is 0 Å². The molecule has 2 rings (SSSR count). The van der Waals surface area contributed by atoms with Crippen LogP contribution in [0.5, 0.6) is 0 Å². The molecule has 6 nitrogen and oxygen atoms in total. The van der Waals surface area contributed by atoms with Crippen LogP contribution in [-0.2, 0) is 0 Å². The van der Waals surface area contributed by atoms with E-state index in [-0.39, 0.29) is 5.56 Å². The maximum Gasteiger partial charge on any atom is 0.337 e. The zero-order valence-corrected chi connectivity index (χ0v) is 8.03. The fourth-order valence-corrected chi connectivity index (χ4v) is 1.15. The molecule has 0 fully saturated rings. The Bertz CT molecular complexity index is 565. The summed E-state index contributed by atoms with van der Waals surface area (Å²) in [5.74, 6) is -0.566. The van der Waals surface area contributed by atoms with Crippen LogP contribution >= 0.6 is 0 Å². The summed E-state index contributed by atoms with van der Waals surface area (Å²) in [4.78, 5) is 14.5. The molecule has 0 unspecified atom stereocenters. The van der Waals surface area contributed by atoms with Crippen LogP contribution in [0.4, 0.5) is 0 Å². The Morgan fingerprint density at radius 1 is 1.44 bits per heavy atom. The molecule has 2 aromatic rings. The molecule has 0 saturated heterocycles. The first kappa shape index (κ1) is 9.86. The van der Waals surface area contributed by atoms with Crippen molar-refractivity contribution in [2.45, 2.75) is 0 Å². The second-order valence-electron chi connectivity index (χ2n) is 3.00. The van der Waals surface area contributed by atoms with Gasteiger partial charge >= 0.3 is 5.97 Å². The molecule has 2 heterocycles. The monoisotopic (exact) mass is 214 g/mol. The highest BCUT2D eigenvalue weighted by atomic mass is 16.4. The van der Waals surface area contributed by atoms with Crippen LogP contribution in [0.2, 0.25) is 0 Å². The lowest BCUT2D eigenvalue weighted by Gasteiger charge is -1.99. The first-order valence-corrected chi connectivity index (χ1v) is 4.35. The summed E-state index contributed by atoms with van der Waals surface area (Å²) in [5.41, 5.74) is 0.528. The summed E-state index contributed by atoms with van der Waals surface area (Å²) in [6.45, 7) is 0. The summed E-state index contributed by atoms with van der Waals surface area (Å²) >= 11 is 0. The zero-order valence-electron chi connectivity index (χ0n) is 8.03. The van der Waals surface area contributed by atoms with Gasteiger partial charge in [0.15, 0.2) is 5.82 Å². The van der Waals surface area contributed by atoms with Crippen molar-refractivity contribution in [1.82, 2.24) is 14.8 Å².